The number of rotatable bonds is 2. The zero-order valence-electron chi connectivity index (χ0n) is 16.9. The smallest absolute Gasteiger partial charge is 0.254 e. The van der Waals surface area contributed by atoms with Crippen molar-refractivity contribution in [1.29, 1.82) is 5.26 Å². The minimum Gasteiger partial charge on any atom is -0.398 e. The van der Waals surface area contributed by atoms with Gasteiger partial charge in [0, 0.05) is 36.6 Å². The van der Waals surface area contributed by atoms with Gasteiger partial charge in [0.05, 0.1) is 12.1 Å². The molecule has 1 amide bonds. The molecule has 154 valence electrons. The summed E-state index contributed by atoms with van der Waals surface area (Å²) in [5.74, 6) is -0.0549. The second-order valence-electron chi connectivity index (χ2n) is 7.64. The minimum absolute atomic E-state index is 0.0410. The van der Waals surface area contributed by atoms with Crippen molar-refractivity contribution in [2.24, 2.45) is 4.99 Å². The van der Waals surface area contributed by atoms with E-state index in [-0.39, 0.29) is 18.0 Å². The molecule has 0 radical (unpaired) electrons. The molecule has 2 aliphatic rings. The van der Waals surface area contributed by atoms with E-state index in [0.29, 0.717) is 36.8 Å². The summed E-state index contributed by atoms with van der Waals surface area (Å²) in [5.41, 5.74) is 8.93. The number of fused-ring (bicyclic) bond motifs is 1. The number of benzene rings is 2. The number of guanidine groups is 1. The van der Waals surface area contributed by atoms with Crippen LogP contribution in [-0.4, -0.2) is 53.4 Å². The molecule has 30 heavy (non-hydrogen) atoms. The molecule has 2 aliphatic heterocycles. The van der Waals surface area contributed by atoms with Gasteiger partial charge in [0.2, 0.25) is 12.2 Å². The van der Waals surface area contributed by atoms with E-state index in [1.54, 1.807) is 17.0 Å². The van der Waals surface area contributed by atoms with Crippen LogP contribution in [0.5, 0.6) is 0 Å². The first kappa shape index (κ1) is 19.7. The van der Waals surface area contributed by atoms with Crippen molar-refractivity contribution in [2.45, 2.75) is 25.9 Å². The van der Waals surface area contributed by atoms with Crippen molar-refractivity contribution in [1.82, 2.24) is 9.80 Å². The summed E-state index contributed by atoms with van der Waals surface area (Å²) in [4.78, 5) is 22.9. The van der Waals surface area contributed by atoms with Gasteiger partial charge in [-0.1, -0.05) is 12.1 Å². The normalized spacial score (nSPS) is 22.2. The lowest BCUT2D eigenvalue weighted by Crippen LogP contribution is -2.55. The van der Waals surface area contributed by atoms with Crippen LogP contribution in [0.15, 0.2) is 47.5 Å². The Morgan fingerprint density at radius 1 is 1.27 bits per heavy atom. The van der Waals surface area contributed by atoms with Gasteiger partial charge in [0.15, 0.2) is 0 Å². The number of carbonyl (C=O) groups excluding carboxylic acids is 1. The molecule has 0 aromatic heterocycles. The molecule has 2 N–H and O–H groups in total. The van der Waals surface area contributed by atoms with Gasteiger partial charge >= 0.3 is 0 Å². The van der Waals surface area contributed by atoms with Crippen LogP contribution in [-0.2, 0) is 0 Å². The van der Waals surface area contributed by atoms with Crippen molar-refractivity contribution in [2.75, 3.05) is 30.3 Å². The van der Waals surface area contributed by atoms with Gasteiger partial charge in [-0.05, 0) is 49.7 Å². The fraction of sp³-hybridized carbons (Fsp3) is 0.318. The molecule has 2 atom stereocenters. The second-order valence-corrected chi connectivity index (χ2v) is 7.64. The number of hydrogen-bond acceptors (Lipinski definition) is 4. The summed E-state index contributed by atoms with van der Waals surface area (Å²) in [6, 6.07) is 11.3. The van der Waals surface area contributed by atoms with Crippen molar-refractivity contribution in [3.05, 3.63) is 59.4 Å². The third-order valence-electron chi connectivity index (χ3n) is 5.97. The summed E-state index contributed by atoms with van der Waals surface area (Å²) in [5, 5.41) is 9.29. The Labute approximate surface area is 174 Å². The third-order valence-corrected chi connectivity index (χ3v) is 5.97. The third kappa shape index (κ3) is 3.22. The summed E-state index contributed by atoms with van der Waals surface area (Å²) >= 11 is 0. The molecule has 0 spiro atoms. The van der Waals surface area contributed by atoms with Crippen LogP contribution in [0.1, 0.15) is 22.8 Å². The highest BCUT2D eigenvalue weighted by Crippen LogP contribution is 2.35. The average Bonchev–Trinajstić information content (AvgIpc) is 3.01. The monoisotopic (exact) mass is 406 g/mol. The zero-order valence-corrected chi connectivity index (χ0v) is 16.9. The predicted molar refractivity (Wildman–Crippen MR) is 113 cm³/mol. The molecule has 2 aromatic rings. The molecular weight excluding hydrogens is 383 g/mol. The minimum atomic E-state index is -0.430. The van der Waals surface area contributed by atoms with Crippen molar-refractivity contribution < 1.29 is 9.18 Å². The topological polar surface area (TPSA) is 89.0 Å². The van der Waals surface area contributed by atoms with E-state index in [0.717, 1.165) is 11.3 Å². The number of anilines is 2. The van der Waals surface area contributed by atoms with Crippen LogP contribution in [0.25, 0.3) is 0 Å². The molecule has 2 fully saturated rings. The molecule has 0 aliphatic carbocycles. The number of hydrogen-bond donors (Lipinski definition) is 1. The van der Waals surface area contributed by atoms with E-state index in [1.807, 2.05) is 36.2 Å². The number of nitrogens with zero attached hydrogens (tertiary/aromatic N) is 5. The Morgan fingerprint density at radius 2 is 2.03 bits per heavy atom. The summed E-state index contributed by atoms with van der Waals surface area (Å²) in [6.07, 6.45) is 1.91. The molecule has 4 rings (SSSR count). The molecular formula is C22H23FN6O. The van der Waals surface area contributed by atoms with Crippen LogP contribution in [0.4, 0.5) is 15.8 Å². The number of nitrogen functional groups attached to an aromatic ring is 1. The number of nitriles is 1. The number of nitrogens with two attached hydrogens (primary N) is 1. The Kier molecular flexibility index (Phi) is 5.04. The number of carbonyl (C=O) groups is 1. The van der Waals surface area contributed by atoms with E-state index < -0.39 is 5.82 Å². The molecule has 0 bridgehead atoms. The fourth-order valence-electron chi connectivity index (χ4n) is 4.34. The van der Waals surface area contributed by atoms with Gasteiger partial charge in [0.1, 0.15) is 5.82 Å². The Bertz CT molecular complexity index is 1060. The fourth-order valence-corrected chi connectivity index (χ4v) is 4.34. The first-order valence-corrected chi connectivity index (χ1v) is 9.85. The van der Waals surface area contributed by atoms with Gasteiger partial charge in [-0.2, -0.15) is 5.26 Å². The van der Waals surface area contributed by atoms with Gasteiger partial charge in [-0.25, -0.2) is 4.39 Å². The number of piperazine rings is 1. The van der Waals surface area contributed by atoms with E-state index in [9.17, 15) is 14.4 Å². The van der Waals surface area contributed by atoms with E-state index in [4.69, 9.17) is 5.73 Å². The maximum atomic E-state index is 13.6. The summed E-state index contributed by atoms with van der Waals surface area (Å²) in [7, 11) is 0. The molecule has 2 aromatic carbocycles. The number of amides is 1. The standard InChI is InChI=1S/C22H23FN6O/c1-14-18(25)7-4-8-19(14)29-15(2)20-12-27(9-10-28(20)22(29)26-13-24)21(30)16-5-3-6-17(23)11-16/h3-8,11,15,20H,9-10,12,25H2,1-2H3. The van der Waals surface area contributed by atoms with Crippen LogP contribution < -0.4 is 10.6 Å². The lowest BCUT2D eigenvalue weighted by Gasteiger charge is -2.38. The quantitative estimate of drug-likeness (QED) is 0.612. The van der Waals surface area contributed by atoms with E-state index >= 15 is 0 Å². The van der Waals surface area contributed by atoms with Crippen LogP contribution in [0.2, 0.25) is 0 Å². The number of halogens is 1. The maximum Gasteiger partial charge on any atom is 0.254 e. The maximum absolute atomic E-state index is 13.6. The van der Waals surface area contributed by atoms with Crippen LogP contribution in [0.3, 0.4) is 0 Å². The molecule has 2 saturated heterocycles. The predicted octanol–water partition coefficient (Wildman–Crippen LogP) is 2.59. The van der Waals surface area contributed by atoms with Gasteiger partial charge in [-0.15, -0.1) is 4.99 Å². The first-order valence-electron chi connectivity index (χ1n) is 9.85. The SMILES string of the molecule is Cc1c(N)cccc1N1C(=NC#N)N2CCN(C(=O)c3cccc(F)c3)CC2C1C. The second kappa shape index (κ2) is 7.67. The molecule has 2 unspecified atom stereocenters. The van der Waals surface area contributed by atoms with Crippen LogP contribution in [0, 0.1) is 24.2 Å². The van der Waals surface area contributed by atoms with E-state index in [2.05, 4.69) is 16.8 Å². The molecule has 2 heterocycles. The molecule has 8 heteroatoms. The van der Waals surface area contributed by atoms with Crippen molar-refractivity contribution >= 4 is 23.2 Å². The Hall–Kier alpha value is -3.60. The largest absolute Gasteiger partial charge is 0.398 e. The molecule has 0 saturated carbocycles. The lowest BCUT2D eigenvalue weighted by molar-refractivity contribution is 0.0623. The van der Waals surface area contributed by atoms with Crippen molar-refractivity contribution in [3.63, 3.8) is 0 Å². The lowest BCUT2D eigenvalue weighted by atomic mass is 10.0. The highest BCUT2D eigenvalue weighted by Gasteiger charge is 2.46. The highest BCUT2D eigenvalue weighted by atomic mass is 19.1. The van der Waals surface area contributed by atoms with Gasteiger partial charge in [-0.3, -0.25) is 4.79 Å². The van der Waals surface area contributed by atoms with Gasteiger partial charge in [0.25, 0.3) is 5.91 Å². The van der Waals surface area contributed by atoms with Crippen molar-refractivity contribution in [3.8, 4) is 6.19 Å². The average molecular weight is 406 g/mol. The van der Waals surface area contributed by atoms with E-state index in [1.165, 1.54) is 12.1 Å². The molecule has 7 nitrogen and oxygen atoms in total. The Morgan fingerprint density at radius 3 is 2.77 bits per heavy atom. The van der Waals surface area contributed by atoms with Gasteiger partial charge < -0.3 is 20.4 Å². The number of aliphatic imine (C=N–C) groups is 1. The van der Waals surface area contributed by atoms with Crippen LogP contribution >= 0.6 is 0 Å². The Balaban J connectivity index is 1.65. The zero-order chi connectivity index (χ0) is 21.4. The summed E-state index contributed by atoms with van der Waals surface area (Å²) < 4.78 is 13.6. The first-order chi connectivity index (χ1) is 14.4. The summed E-state index contributed by atoms with van der Waals surface area (Å²) in [6.45, 7) is 5.45. The highest BCUT2D eigenvalue weighted by molar-refractivity contribution is 6.01.